The topological polar surface area (TPSA) is 89.5 Å². The number of likely N-dealkylation sites (N-methyl/N-ethyl adjacent to an activating group) is 1. The lowest BCUT2D eigenvalue weighted by atomic mass is 9.80. The molecule has 3 heterocycles. The third-order valence-corrected chi connectivity index (χ3v) is 6.36. The van der Waals surface area contributed by atoms with Crippen molar-refractivity contribution in [1.82, 2.24) is 15.0 Å². The number of alkyl halides is 3. The Morgan fingerprint density at radius 3 is 2.47 bits per heavy atom. The summed E-state index contributed by atoms with van der Waals surface area (Å²) in [5, 5.41) is 2.95. The lowest BCUT2D eigenvalue weighted by molar-refractivity contribution is -0.141. The number of rotatable bonds is 6. The van der Waals surface area contributed by atoms with Crippen molar-refractivity contribution in [3.05, 3.63) is 35.5 Å². The predicted molar refractivity (Wildman–Crippen MR) is 128 cm³/mol. The van der Waals surface area contributed by atoms with Crippen molar-refractivity contribution < 1.29 is 27.4 Å². The Morgan fingerprint density at radius 1 is 1.19 bits per heavy atom. The quantitative estimate of drug-likeness (QED) is 0.613. The van der Waals surface area contributed by atoms with Gasteiger partial charge in [0.05, 0.1) is 29.7 Å². The molecular formula is C25H32F3N5O3. The second-order valence-corrected chi connectivity index (χ2v) is 10.6. The van der Waals surface area contributed by atoms with E-state index < -0.39 is 23.5 Å². The van der Waals surface area contributed by atoms with Crippen molar-refractivity contribution in [2.45, 2.75) is 83.9 Å². The summed E-state index contributed by atoms with van der Waals surface area (Å²) in [4.78, 5) is 27.5. The van der Waals surface area contributed by atoms with Gasteiger partial charge in [0.25, 0.3) is 0 Å². The highest BCUT2D eigenvalue weighted by Crippen LogP contribution is 2.37. The molecule has 1 fully saturated rings. The molecule has 2 aromatic heterocycles. The first-order valence-electron chi connectivity index (χ1n) is 12.0. The van der Waals surface area contributed by atoms with E-state index in [1.807, 2.05) is 46.6 Å². The normalized spacial score (nSPS) is 23.0. The summed E-state index contributed by atoms with van der Waals surface area (Å²) in [7, 11) is 1.84. The molecule has 11 heteroatoms. The first kappa shape index (κ1) is 26.1. The fourth-order valence-electron chi connectivity index (χ4n) is 4.77. The van der Waals surface area contributed by atoms with Gasteiger partial charge in [0.2, 0.25) is 5.91 Å². The van der Waals surface area contributed by atoms with Gasteiger partial charge in [0.15, 0.2) is 5.82 Å². The number of anilines is 2. The van der Waals surface area contributed by atoms with E-state index in [-0.39, 0.29) is 24.0 Å². The lowest BCUT2D eigenvalue weighted by Gasteiger charge is -2.40. The Bertz CT molecular complexity index is 1110. The second-order valence-electron chi connectivity index (χ2n) is 10.6. The molecule has 1 aliphatic heterocycles. The van der Waals surface area contributed by atoms with Crippen LogP contribution in [0, 0.1) is 12.8 Å². The van der Waals surface area contributed by atoms with Crippen LogP contribution < -0.4 is 15.0 Å². The first-order chi connectivity index (χ1) is 16.7. The number of nitrogens with one attached hydrogen (secondary N) is 1. The largest absolute Gasteiger partial charge is 0.489 e. The molecule has 0 unspecified atom stereocenters. The molecule has 1 aliphatic carbocycles. The molecule has 2 aliphatic rings. The van der Waals surface area contributed by atoms with Crippen molar-refractivity contribution in [2.24, 2.45) is 5.92 Å². The molecule has 1 saturated carbocycles. The van der Waals surface area contributed by atoms with Crippen LogP contribution in [0.3, 0.4) is 0 Å². The van der Waals surface area contributed by atoms with Gasteiger partial charge in [-0.1, -0.05) is 0 Å². The smallest absolute Gasteiger partial charge is 0.433 e. The molecule has 36 heavy (non-hydrogen) atoms. The van der Waals surface area contributed by atoms with E-state index in [1.54, 1.807) is 0 Å². The molecular weight excluding hydrogens is 475 g/mol. The van der Waals surface area contributed by atoms with Crippen LogP contribution in [0.5, 0.6) is 5.75 Å². The Labute approximate surface area is 208 Å². The van der Waals surface area contributed by atoms with Crippen molar-refractivity contribution in [3.8, 4) is 5.75 Å². The molecule has 0 aromatic carbocycles. The fourth-order valence-corrected chi connectivity index (χ4v) is 4.77. The standard InChI is InChI=1S/C25H32F3N5O3/c1-13-20-22(33(6)21(23(34)32-20)14(2)36-24(3,4)5)31-19(30-13)11-15-9-17(10-15)35-16-7-8-18(29-12-16)25(26,27)28/h7-8,12,14-15,17,21H,9-11H2,1-6H3,(H,32,34)/t14-,15?,17?,21+/m1/s1. The molecule has 0 spiro atoms. The molecule has 0 radical (unpaired) electrons. The number of nitrogens with zero attached hydrogens (tertiary/aromatic N) is 4. The Hall–Kier alpha value is -2.95. The van der Waals surface area contributed by atoms with Crippen LogP contribution in [-0.2, 0) is 22.1 Å². The minimum absolute atomic E-state index is 0.0889. The van der Waals surface area contributed by atoms with Gasteiger partial charge in [-0.15, -0.1) is 0 Å². The van der Waals surface area contributed by atoms with Crippen LogP contribution >= 0.6 is 0 Å². The lowest BCUT2D eigenvalue weighted by Crippen LogP contribution is -2.54. The van der Waals surface area contributed by atoms with Gasteiger partial charge < -0.3 is 19.7 Å². The number of hydrogen-bond donors (Lipinski definition) is 1. The van der Waals surface area contributed by atoms with Crippen LogP contribution in [0.2, 0.25) is 0 Å². The molecule has 1 N–H and O–H groups in total. The summed E-state index contributed by atoms with van der Waals surface area (Å²) in [6.45, 7) is 9.58. The van der Waals surface area contributed by atoms with Crippen LogP contribution in [0.1, 0.15) is 57.7 Å². The van der Waals surface area contributed by atoms with Gasteiger partial charge in [-0.2, -0.15) is 13.2 Å². The number of pyridine rings is 1. The van der Waals surface area contributed by atoms with Gasteiger partial charge in [0.1, 0.15) is 29.0 Å². The summed E-state index contributed by atoms with van der Waals surface area (Å²) in [6, 6.07) is 1.69. The minimum atomic E-state index is -4.47. The molecule has 2 aromatic rings. The van der Waals surface area contributed by atoms with Gasteiger partial charge in [-0.25, -0.2) is 15.0 Å². The number of aryl methyl sites for hydroxylation is 1. The van der Waals surface area contributed by atoms with Crippen molar-refractivity contribution >= 4 is 17.4 Å². The summed E-state index contributed by atoms with van der Waals surface area (Å²) in [6.07, 6.45) is -1.68. The van der Waals surface area contributed by atoms with Gasteiger partial charge in [-0.05, 0) is 65.5 Å². The third kappa shape index (κ3) is 5.71. The van der Waals surface area contributed by atoms with Crippen LogP contribution in [-0.4, -0.2) is 51.8 Å². The number of ether oxygens (including phenoxy) is 2. The van der Waals surface area contributed by atoms with E-state index >= 15 is 0 Å². The van der Waals surface area contributed by atoms with E-state index in [0.717, 1.165) is 25.1 Å². The average molecular weight is 508 g/mol. The maximum Gasteiger partial charge on any atom is 0.433 e. The SMILES string of the molecule is Cc1nc(CC2CC(Oc3ccc(C(F)(F)F)nc3)C2)nc2c1NC(=O)[C@H]([C@@H](C)OC(C)(C)C)N2C. The summed E-state index contributed by atoms with van der Waals surface area (Å²) in [5.74, 6) is 1.80. The highest BCUT2D eigenvalue weighted by Gasteiger charge is 2.39. The molecule has 196 valence electrons. The molecule has 2 atom stereocenters. The van der Waals surface area contributed by atoms with E-state index in [2.05, 4.69) is 15.3 Å². The van der Waals surface area contributed by atoms with Crippen molar-refractivity contribution in [2.75, 3.05) is 17.3 Å². The van der Waals surface area contributed by atoms with E-state index in [1.165, 1.54) is 6.07 Å². The molecule has 4 rings (SSSR count). The molecule has 8 nitrogen and oxygen atoms in total. The molecule has 0 bridgehead atoms. The van der Waals surface area contributed by atoms with Crippen LogP contribution in [0.4, 0.5) is 24.7 Å². The highest BCUT2D eigenvalue weighted by molar-refractivity contribution is 6.03. The van der Waals surface area contributed by atoms with Gasteiger partial charge in [0, 0.05) is 13.5 Å². The summed E-state index contributed by atoms with van der Waals surface area (Å²) in [5.41, 5.74) is -0.0348. The summed E-state index contributed by atoms with van der Waals surface area (Å²) >= 11 is 0. The third-order valence-electron chi connectivity index (χ3n) is 6.36. The van der Waals surface area contributed by atoms with Crippen molar-refractivity contribution in [3.63, 3.8) is 0 Å². The number of halogens is 3. The number of fused-ring (bicyclic) bond motifs is 1. The number of carbonyl (C=O) groups excluding carboxylic acids is 1. The van der Waals surface area contributed by atoms with E-state index in [9.17, 15) is 18.0 Å². The van der Waals surface area contributed by atoms with Crippen LogP contribution in [0.15, 0.2) is 18.3 Å². The Morgan fingerprint density at radius 2 is 1.89 bits per heavy atom. The number of aromatic nitrogens is 3. The van der Waals surface area contributed by atoms with E-state index in [0.29, 0.717) is 35.2 Å². The average Bonchev–Trinajstić information content (AvgIpc) is 2.71. The van der Waals surface area contributed by atoms with Crippen LogP contribution in [0.25, 0.3) is 0 Å². The van der Waals surface area contributed by atoms with Crippen molar-refractivity contribution in [1.29, 1.82) is 0 Å². The molecule has 0 saturated heterocycles. The number of carbonyl (C=O) groups is 1. The monoisotopic (exact) mass is 507 g/mol. The zero-order valence-corrected chi connectivity index (χ0v) is 21.3. The first-order valence-corrected chi connectivity index (χ1v) is 12.0. The fraction of sp³-hybridized carbons (Fsp3) is 0.600. The Kier molecular flexibility index (Phi) is 6.89. The second kappa shape index (κ2) is 9.49. The maximum absolute atomic E-state index is 12.9. The number of amides is 1. The zero-order chi connectivity index (χ0) is 26.4. The number of hydrogen-bond acceptors (Lipinski definition) is 7. The Balaban J connectivity index is 1.39. The maximum atomic E-state index is 12.9. The van der Waals surface area contributed by atoms with Gasteiger partial charge in [-0.3, -0.25) is 4.79 Å². The molecule has 1 amide bonds. The summed E-state index contributed by atoms with van der Waals surface area (Å²) < 4.78 is 49.8. The predicted octanol–water partition coefficient (Wildman–Crippen LogP) is 4.56. The highest BCUT2D eigenvalue weighted by atomic mass is 19.4. The zero-order valence-electron chi connectivity index (χ0n) is 21.3. The van der Waals surface area contributed by atoms with Gasteiger partial charge >= 0.3 is 6.18 Å². The minimum Gasteiger partial charge on any atom is -0.489 e. The van der Waals surface area contributed by atoms with E-state index in [4.69, 9.17) is 14.5 Å².